The van der Waals surface area contributed by atoms with E-state index < -0.39 is 9.84 Å². The molecule has 3 rings (SSSR count). The number of pyridine rings is 1. The Balaban J connectivity index is 1.89. The Bertz CT molecular complexity index is 799. The minimum atomic E-state index is -3.52. The minimum absolute atomic E-state index is 0.0211. The molecule has 0 unspecified atom stereocenters. The number of nitrogens with two attached hydrogens (primary N) is 1. The van der Waals surface area contributed by atoms with E-state index in [4.69, 9.17) is 10.5 Å². The fraction of sp³-hybridized carbons (Fsp3) is 0.133. The lowest BCUT2D eigenvalue weighted by atomic mass is 10.1. The highest BCUT2D eigenvalue weighted by Gasteiger charge is 2.31. The number of hydrogen-bond acceptors (Lipinski definition) is 5. The molecule has 0 spiro atoms. The molecule has 1 aromatic heterocycles. The number of rotatable bonds is 4. The Hall–Kier alpha value is -2.18. The predicted molar refractivity (Wildman–Crippen MR) is 79.2 cm³/mol. The van der Waals surface area contributed by atoms with Crippen molar-refractivity contribution >= 4 is 15.9 Å². The average Bonchev–Trinajstić information content (AvgIpc) is 2.77. The molecule has 1 aromatic carbocycles. The summed E-state index contributed by atoms with van der Waals surface area (Å²) < 4.78 is 30.6. The molecule has 5 nitrogen and oxygen atoms in total. The molecule has 6 heteroatoms. The SMILES string of the molecule is NCc1cccc2c1S(=O)(=O)C(COc1cccnc1)=C2. The number of sulfone groups is 1. The highest BCUT2D eigenvalue weighted by Crippen LogP contribution is 2.35. The second-order valence-electron chi connectivity index (χ2n) is 4.63. The number of benzene rings is 1. The van der Waals surface area contributed by atoms with Crippen molar-refractivity contribution in [3.8, 4) is 5.75 Å². The average molecular weight is 302 g/mol. The van der Waals surface area contributed by atoms with Crippen LogP contribution >= 0.6 is 0 Å². The van der Waals surface area contributed by atoms with Crippen LogP contribution in [-0.4, -0.2) is 20.0 Å². The molecule has 0 saturated carbocycles. The van der Waals surface area contributed by atoms with Crippen molar-refractivity contribution in [3.63, 3.8) is 0 Å². The molecule has 0 atom stereocenters. The van der Waals surface area contributed by atoms with E-state index in [1.54, 1.807) is 48.8 Å². The van der Waals surface area contributed by atoms with Crippen LogP contribution < -0.4 is 10.5 Å². The third-order valence-corrected chi connectivity index (χ3v) is 5.25. The summed E-state index contributed by atoms with van der Waals surface area (Å²) in [7, 11) is -3.52. The van der Waals surface area contributed by atoms with E-state index in [-0.39, 0.29) is 18.1 Å². The molecule has 0 saturated heterocycles. The molecule has 0 fully saturated rings. The lowest BCUT2D eigenvalue weighted by Gasteiger charge is -2.09. The Morgan fingerprint density at radius 2 is 2.05 bits per heavy atom. The van der Waals surface area contributed by atoms with Gasteiger partial charge in [0.05, 0.1) is 16.0 Å². The Morgan fingerprint density at radius 1 is 1.19 bits per heavy atom. The maximum Gasteiger partial charge on any atom is 0.207 e. The number of aromatic nitrogens is 1. The highest BCUT2D eigenvalue weighted by atomic mass is 32.2. The maximum absolute atomic E-state index is 12.6. The number of nitrogens with zero attached hydrogens (tertiary/aromatic N) is 1. The molecular weight excluding hydrogens is 288 g/mol. The monoisotopic (exact) mass is 302 g/mol. The third-order valence-electron chi connectivity index (χ3n) is 3.29. The van der Waals surface area contributed by atoms with Crippen molar-refractivity contribution in [3.05, 3.63) is 58.8 Å². The fourth-order valence-electron chi connectivity index (χ4n) is 2.30. The molecule has 1 aliphatic rings. The highest BCUT2D eigenvalue weighted by molar-refractivity contribution is 7.96. The summed E-state index contributed by atoms with van der Waals surface area (Å²) in [4.78, 5) is 4.46. The van der Waals surface area contributed by atoms with Crippen LogP contribution in [0.25, 0.3) is 6.08 Å². The van der Waals surface area contributed by atoms with E-state index in [1.165, 1.54) is 0 Å². The largest absolute Gasteiger partial charge is 0.487 e. The van der Waals surface area contributed by atoms with Gasteiger partial charge in [0.25, 0.3) is 0 Å². The van der Waals surface area contributed by atoms with Crippen molar-refractivity contribution < 1.29 is 13.2 Å². The summed E-state index contributed by atoms with van der Waals surface area (Å²) in [5.74, 6) is 0.531. The molecule has 0 amide bonds. The van der Waals surface area contributed by atoms with Gasteiger partial charge in [-0.15, -0.1) is 0 Å². The molecule has 0 bridgehead atoms. The number of ether oxygens (including phenoxy) is 1. The molecule has 1 aliphatic heterocycles. The summed E-state index contributed by atoms with van der Waals surface area (Å²) >= 11 is 0. The van der Waals surface area contributed by atoms with Crippen molar-refractivity contribution in [2.24, 2.45) is 5.73 Å². The third kappa shape index (κ3) is 2.43. The van der Waals surface area contributed by atoms with Crippen LogP contribution in [-0.2, 0) is 16.4 Å². The molecule has 2 heterocycles. The lowest BCUT2D eigenvalue weighted by molar-refractivity contribution is 0.357. The van der Waals surface area contributed by atoms with Gasteiger partial charge in [0.1, 0.15) is 12.4 Å². The van der Waals surface area contributed by atoms with Gasteiger partial charge in [-0.25, -0.2) is 8.42 Å². The Morgan fingerprint density at radius 3 is 2.76 bits per heavy atom. The van der Waals surface area contributed by atoms with Gasteiger partial charge < -0.3 is 10.5 Å². The van der Waals surface area contributed by atoms with E-state index in [2.05, 4.69) is 4.98 Å². The first-order valence-corrected chi connectivity index (χ1v) is 7.91. The van der Waals surface area contributed by atoms with Crippen LogP contribution in [0.4, 0.5) is 0 Å². The van der Waals surface area contributed by atoms with E-state index in [1.807, 2.05) is 0 Å². The quantitative estimate of drug-likeness (QED) is 0.930. The van der Waals surface area contributed by atoms with Gasteiger partial charge in [-0.3, -0.25) is 4.98 Å². The van der Waals surface area contributed by atoms with Crippen molar-refractivity contribution in [1.82, 2.24) is 4.98 Å². The van der Waals surface area contributed by atoms with Gasteiger partial charge in [0.15, 0.2) is 0 Å². The van der Waals surface area contributed by atoms with Gasteiger partial charge in [-0.1, -0.05) is 18.2 Å². The van der Waals surface area contributed by atoms with E-state index in [9.17, 15) is 8.42 Å². The lowest BCUT2D eigenvalue weighted by Crippen LogP contribution is -2.12. The summed E-state index contributed by atoms with van der Waals surface area (Å²) in [5, 5.41) is 0. The normalized spacial score (nSPS) is 15.4. The van der Waals surface area contributed by atoms with Gasteiger partial charge in [0, 0.05) is 12.7 Å². The first kappa shape index (κ1) is 13.8. The Labute approximate surface area is 123 Å². The van der Waals surface area contributed by atoms with Gasteiger partial charge in [0.2, 0.25) is 9.84 Å². The van der Waals surface area contributed by atoms with Gasteiger partial charge in [-0.05, 0) is 29.3 Å². The summed E-state index contributed by atoms with van der Waals surface area (Å²) in [6.45, 7) is 0.166. The topological polar surface area (TPSA) is 82.3 Å². The van der Waals surface area contributed by atoms with Crippen LogP contribution in [0.1, 0.15) is 11.1 Å². The zero-order valence-electron chi connectivity index (χ0n) is 11.2. The van der Waals surface area contributed by atoms with Crippen LogP contribution in [0.3, 0.4) is 0 Å². The van der Waals surface area contributed by atoms with Crippen LogP contribution in [0, 0.1) is 0 Å². The molecule has 2 aromatic rings. The van der Waals surface area contributed by atoms with Crippen LogP contribution in [0.2, 0.25) is 0 Å². The standard InChI is InChI=1S/C15H14N2O3S/c16-8-12-4-1-3-11-7-14(21(18,19)15(11)12)10-20-13-5-2-6-17-9-13/h1-7,9H,8,10,16H2. The van der Waals surface area contributed by atoms with Crippen molar-refractivity contribution in [2.75, 3.05) is 6.61 Å². The summed E-state index contributed by atoms with van der Waals surface area (Å²) in [6.07, 6.45) is 4.81. The summed E-state index contributed by atoms with van der Waals surface area (Å²) in [5.41, 5.74) is 6.92. The smallest absolute Gasteiger partial charge is 0.207 e. The van der Waals surface area contributed by atoms with Gasteiger partial charge in [-0.2, -0.15) is 0 Å². The number of hydrogen-bond donors (Lipinski definition) is 1. The molecular formula is C15H14N2O3S. The first-order chi connectivity index (χ1) is 10.1. The zero-order valence-corrected chi connectivity index (χ0v) is 12.0. The van der Waals surface area contributed by atoms with E-state index in [0.717, 1.165) is 0 Å². The minimum Gasteiger partial charge on any atom is -0.487 e. The first-order valence-electron chi connectivity index (χ1n) is 6.43. The van der Waals surface area contributed by atoms with E-state index >= 15 is 0 Å². The second kappa shape index (κ2) is 5.31. The van der Waals surface area contributed by atoms with Crippen molar-refractivity contribution in [1.29, 1.82) is 0 Å². The van der Waals surface area contributed by atoms with Gasteiger partial charge >= 0.3 is 0 Å². The number of fused-ring (bicyclic) bond motifs is 1. The van der Waals surface area contributed by atoms with Crippen LogP contribution in [0.5, 0.6) is 5.75 Å². The Kier molecular flexibility index (Phi) is 3.48. The predicted octanol–water partition coefficient (Wildman–Crippen LogP) is 1.75. The zero-order chi connectivity index (χ0) is 14.9. The molecule has 2 N–H and O–H groups in total. The van der Waals surface area contributed by atoms with Crippen LogP contribution in [0.15, 0.2) is 52.5 Å². The maximum atomic E-state index is 12.6. The molecule has 0 aliphatic carbocycles. The molecule has 108 valence electrons. The molecule has 21 heavy (non-hydrogen) atoms. The summed E-state index contributed by atoms with van der Waals surface area (Å²) in [6, 6.07) is 8.76. The fourth-order valence-corrected chi connectivity index (χ4v) is 3.99. The van der Waals surface area contributed by atoms with E-state index in [0.29, 0.717) is 21.8 Å². The molecule has 0 radical (unpaired) electrons. The van der Waals surface area contributed by atoms with Crippen molar-refractivity contribution in [2.45, 2.75) is 11.4 Å². The second-order valence-corrected chi connectivity index (χ2v) is 6.57.